The van der Waals surface area contributed by atoms with E-state index < -0.39 is 9.84 Å². The quantitative estimate of drug-likeness (QED) is 0.712. The number of carbonyl (C=O) groups excluding carboxylic acids is 1. The van der Waals surface area contributed by atoms with Crippen molar-refractivity contribution in [3.63, 3.8) is 0 Å². The fourth-order valence-corrected chi connectivity index (χ4v) is 5.45. The molecular weight excluding hydrogens is 300 g/mol. The standard InChI is InChI=1S/C16H30N2O3S/c1-17(2)11-12-18(14-7-3-4-8-14)16(19)13-22(20,21)15-9-5-6-10-15/h14-15H,3-13H2,1-2H3. The Bertz CT molecular complexity index is 464. The first kappa shape index (κ1) is 17.7. The third-order valence-corrected chi connectivity index (χ3v) is 7.15. The Morgan fingerprint density at radius 2 is 1.50 bits per heavy atom. The highest BCUT2D eigenvalue weighted by atomic mass is 32.2. The van der Waals surface area contributed by atoms with Crippen molar-refractivity contribution < 1.29 is 13.2 Å². The lowest BCUT2D eigenvalue weighted by molar-refractivity contribution is -0.130. The number of likely N-dealkylation sites (N-methyl/N-ethyl adjacent to an activating group) is 1. The molecule has 5 nitrogen and oxygen atoms in total. The summed E-state index contributed by atoms with van der Waals surface area (Å²) in [5.74, 6) is -0.470. The van der Waals surface area contributed by atoms with Gasteiger partial charge in [0.1, 0.15) is 5.75 Å². The topological polar surface area (TPSA) is 57.7 Å². The monoisotopic (exact) mass is 330 g/mol. The number of nitrogens with zero attached hydrogens (tertiary/aromatic N) is 2. The molecule has 128 valence electrons. The van der Waals surface area contributed by atoms with Crippen LogP contribution in [0.15, 0.2) is 0 Å². The SMILES string of the molecule is CN(C)CCN(C(=O)CS(=O)(=O)C1CCCC1)C1CCCC1. The second-order valence-electron chi connectivity index (χ2n) is 7.04. The van der Waals surface area contributed by atoms with E-state index in [4.69, 9.17) is 0 Å². The number of hydrogen-bond acceptors (Lipinski definition) is 4. The van der Waals surface area contributed by atoms with Crippen LogP contribution in [-0.4, -0.2) is 68.4 Å². The summed E-state index contributed by atoms with van der Waals surface area (Å²) in [6, 6.07) is 0.242. The zero-order chi connectivity index (χ0) is 16.2. The number of sulfone groups is 1. The molecule has 0 N–H and O–H groups in total. The molecule has 2 aliphatic carbocycles. The van der Waals surface area contributed by atoms with Crippen molar-refractivity contribution >= 4 is 15.7 Å². The molecule has 0 aromatic rings. The molecule has 0 aliphatic heterocycles. The summed E-state index contributed by atoms with van der Waals surface area (Å²) in [7, 11) is 0.680. The first-order valence-electron chi connectivity index (χ1n) is 8.56. The van der Waals surface area contributed by atoms with Gasteiger partial charge < -0.3 is 9.80 Å². The molecule has 0 saturated heterocycles. The largest absolute Gasteiger partial charge is 0.338 e. The number of hydrogen-bond donors (Lipinski definition) is 0. The molecule has 0 aromatic heterocycles. The van der Waals surface area contributed by atoms with Crippen LogP contribution < -0.4 is 0 Å². The molecule has 0 bridgehead atoms. The maximum atomic E-state index is 12.6. The second-order valence-corrected chi connectivity index (χ2v) is 9.32. The van der Waals surface area contributed by atoms with E-state index >= 15 is 0 Å². The van der Waals surface area contributed by atoms with Crippen LogP contribution in [0.3, 0.4) is 0 Å². The van der Waals surface area contributed by atoms with Crippen LogP contribution in [0.25, 0.3) is 0 Å². The molecule has 0 spiro atoms. The van der Waals surface area contributed by atoms with Crippen LogP contribution in [0.2, 0.25) is 0 Å². The van der Waals surface area contributed by atoms with Crippen LogP contribution >= 0.6 is 0 Å². The maximum absolute atomic E-state index is 12.6. The van der Waals surface area contributed by atoms with Gasteiger partial charge in [-0.25, -0.2) is 8.42 Å². The zero-order valence-corrected chi connectivity index (χ0v) is 14.8. The second kappa shape index (κ2) is 7.77. The van der Waals surface area contributed by atoms with Crippen molar-refractivity contribution in [2.45, 2.75) is 62.7 Å². The van der Waals surface area contributed by atoms with Gasteiger partial charge in [0, 0.05) is 19.1 Å². The van der Waals surface area contributed by atoms with Gasteiger partial charge in [-0.05, 0) is 39.8 Å². The van der Waals surface area contributed by atoms with Crippen molar-refractivity contribution in [1.82, 2.24) is 9.80 Å². The van der Waals surface area contributed by atoms with Gasteiger partial charge in [0.05, 0.1) is 5.25 Å². The Morgan fingerprint density at radius 3 is 2.05 bits per heavy atom. The van der Waals surface area contributed by atoms with Crippen LogP contribution in [-0.2, 0) is 14.6 Å². The lowest BCUT2D eigenvalue weighted by atomic mass is 10.2. The molecule has 0 atom stereocenters. The fraction of sp³-hybridized carbons (Fsp3) is 0.938. The Morgan fingerprint density at radius 1 is 0.955 bits per heavy atom. The van der Waals surface area contributed by atoms with Gasteiger partial charge >= 0.3 is 0 Å². The van der Waals surface area contributed by atoms with Crippen LogP contribution in [0, 0.1) is 0 Å². The van der Waals surface area contributed by atoms with Crippen LogP contribution in [0.5, 0.6) is 0 Å². The minimum atomic E-state index is -3.28. The highest BCUT2D eigenvalue weighted by Crippen LogP contribution is 2.27. The van der Waals surface area contributed by atoms with E-state index in [0.29, 0.717) is 6.54 Å². The lowest BCUT2D eigenvalue weighted by Gasteiger charge is -2.30. The van der Waals surface area contributed by atoms with Crippen molar-refractivity contribution in [1.29, 1.82) is 0 Å². The first-order valence-corrected chi connectivity index (χ1v) is 10.3. The normalized spacial score (nSPS) is 20.9. The highest BCUT2D eigenvalue weighted by Gasteiger charge is 2.34. The van der Waals surface area contributed by atoms with Gasteiger partial charge in [-0.15, -0.1) is 0 Å². The molecule has 2 aliphatic rings. The van der Waals surface area contributed by atoms with Crippen molar-refractivity contribution in [2.75, 3.05) is 32.9 Å². The third kappa shape index (κ3) is 4.69. The van der Waals surface area contributed by atoms with Crippen molar-refractivity contribution in [3.05, 3.63) is 0 Å². The van der Waals surface area contributed by atoms with Gasteiger partial charge in [0.2, 0.25) is 5.91 Å². The minimum Gasteiger partial charge on any atom is -0.338 e. The van der Waals surface area contributed by atoms with Gasteiger partial charge in [0.25, 0.3) is 0 Å². The number of carbonyl (C=O) groups is 1. The van der Waals surface area contributed by atoms with E-state index in [2.05, 4.69) is 0 Å². The molecule has 22 heavy (non-hydrogen) atoms. The average Bonchev–Trinajstić information content (AvgIpc) is 3.11. The highest BCUT2D eigenvalue weighted by molar-refractivity contribution is 7.92. The van der Waals surface area contributed by atoms with E-state index in [-0.39, 0.29) is 23.0 Å². The van der Waals surface area contributed by atoms with Crippen molar-refractivity contribution in [3.8, 4) is 0 Å². The minimum absolute atomic E-state index is 0.180. The molecule has 6 heteroatoms. The van der Waals surface area contributed by atoms with E-state index in [1.165, 1.54) is 0 Å². The molecule has 0 unspecified atom stereocenters. The molecule has 1 amide bonds. The Kier molecular flexibility index (Phi) is 6.26. The van der Waals surface area contributed by atoms with Gasteiger partial charge in [-0.2, -0.15) is 0 Å². The molecule has 2 fully saturated rings. The summed E-state index contributed by atoms with van der Waals surface area (Å²) >= 11 is 0. The van der Waals surface area contributed by atoms with Gasteiger partial charge in [-0.1, -0.05) is 25.7 Å². The molecule has 2 saturated carbocycles. The summed E-state index contributed by atoms with van der Waals surface area (Å²) in [6.07, 6.45) is 7.74. The van der Waals surface area contributed by atoms with E-state index in [0.717, 1.165) is 57.9 Å². The molecule has 0 radical (unpaired) electrons. The maximum Gasteiger partial charge on any atom is 0.238 e. The first-order chi connectivity index (χ1) is 10.4. The van der Waals surface area contributed by atoms with E-state index in [1.54, 1.807) is 0 Å². The predicted molar refractivity (Wildman–Crippen MR) is 88.6 cm³/mol. The summed E-state index contributed by atoms with van der Waals surface area (Å²) < 4.78 is 24.9. The van der Waals surface area contributed by atoms with Crippen LogP contribution in [0.1, 0.15) is 51.4 Å². The number of amides is 1. The number of rotatable bonds is 7. The third-order valence-electron chi connectivity index (χ3n) is 5.01. The average molecular weight is 330 g/mol. The Labute approximate surface area is 135 Å². The fourth-order valence-electron chi connectivity index (χ4n) is 3.65. The lowest BCUT2D eigenvalue weighted by Crippen LogP contribution is -2.46. The Hall–Kier alpha value is -0.620. The molecule has 0 aromatic carbocycles. The zero-order valence-electron chi connectivity index (χ0n) is 14.0. The van der Waals surface area contributed by atoms with Crippen LogP contribution in [0.4, 0.5) is 0 Å². The summed E-state index contributed by atoms with van der Waals surface area (Å²) in [6.45, 7) is 1.42. The molecular formula is C16H30N2O3S. The molecule has 0 heterocycles. The summed E-state index contributed by atoms with van der Waals surface area (Å²) in [5, 5.41) is -0.282. The van der Waals surface area contributed by atoms with E-state index in [9.17, 15) is 13.2 Å². The van der Waals surface area contributed by atoms with Gasteiger partial charge in [-0.3, -0.25) is 4.79 Å². The molecule has 2 rings (SSSR count). The summed E-state index contributed by atoms with van der Waals surface area (Å²) in [5.41, 5.74) is 0. The van der Waals surface area contributed by atoms with Gasteiger partial charge in [0.15, 0.2) is 9.84 Å². The smallest absolute Gasteiger partial charge is 0.238 e. The Balaban J connectivity index is 2.00. The predicted octanol–water partition coefficient (Wildman–Crippen LogP) is 1.68. The van der Waals surface area contributed by atoms with Crippen molar-refractivity contribution in [2.24, 2.45) is 0 Å². The summed E-state index contributed by atoms with van der Waals surface area (Å²) in [4.78, 5) is 16.5. The van der Waals surface area contributed by atoms with E-state index in [1.807, 2.05) is 23.9 Å².